The predicted molar refractivity (Wildman–Crippen MR) is 128 cm³/mol. The van der Waals surface area contributed by atoms with Crippen LogP contribution in [-0.4, -0.2) is 53.6 Å². The van der Waals surface area contributed by atoms with E-state index in [1.165, 1.54) is 26.7 Å². The van der Waals surface area contributed by atoms with Crippen LogP contribution >= 0.6 is 0 Å². The normalized spacial score (nSPS) is 28.1. The molecule has 2 fully saturated rings. The van der Waals surface area contributed by atoms with E-state index in [0.717, 1.165) is 30.4 Å². The van der Waals surface area contributed by atoms with E-state index in [2.05, 4.69) is 17.3 Å². The third-order valence-electron chi connectivity index (χ3n) is 8.22. The molecule has 1 saturated carbocycles. The molecule has 0 unspecified atom stereocenters. The second kappa shape index (κ2) is 9.52. The van der Waals surface area contributed by atoms with Crippen LogP contribution in [-0.2, 0) is 0 Å². The number of halogens is 3. The molecule has 3 aliphatic rings. The molecule has 1 saturated heterocycles. The van der Waals surface area contributed by atoms with Crippen molar-refractivity contribution in [3.63, 3.8) is 0 Å². The van der Waals surface area contributed by atoms with Gasteiger partial charge in [-0.05, 0) is 48.8 Å². The van der Waals surface area contributed by atoms with Gasteiger partial charge in [-0.1, -0.05) is 25.8 Å². The van der Waals surface area contributed by atoms with Gasteiger partial charge in [-0.15, -0.1) is 0 Å². The van der Waals surface area contributed by atoms with E-state index in [1.54, 1.807) is 18.2 Å². The van der Waals surface area contributed by atoms with Gasteiger partial charge in [0.25, 0.3) is 5.91 Å². The third kappa shape index (κ3) is 4.39. The Morgan fingerprint density at radius 3 is 2.56 bits per heavy atom. The van der Waals surface area contributed by atoms with Crippen molar-refractivity contribution in [2.45, 2.75) is 69.8 Å². The summed E-state index contributed by atoms with van der Waals surface area (Å²) in [6.45, 7) is 2.86. The Kier molecular flexibility index (Phi) is 6.55. The van der Waals surface area contributed by atoms with Crippen molar-refractivity contribution in [1.29, 1.82) is 0 Å². The minimum absolute atomic E-state index is 0.0681. The largest absolute Gasteiger partial charge is 0.493 e. The molecule has 1 aromatic heterocycles. The topological polar surface area (TPSA) is 68.6 Å². The average Bonchev–Trinajstić information content (AvgIpc) is 3.31. The molecule has 2 aliphatic heterocycles. The van der Waals surface area contributed by atoms with Gasteiger partial charge in [-0.2, -0.15) is 18.3 Å². The maximum absolute atomic E-state index is 14.2. The fraction of sp³-hybridized carbons (Fsp3) is 0.615. The van der Waals surface area contributed by atoms with Gasteiger partial charge in [-0.3, -0.25) is 4.79 Å². The van der Waals surface area contributed by atoms with Crippen LogP contribution in [0.3, 0.4) is 0 Å². The highest BCUT2D eigenvalue weighted by molar-refractivity contribution is 5.93. The van der Waals surface area contributed by atoms with E-state index in [0.29, 0.717) is 35.4 Å². The van der Waals surface area contributed by atoms with Crippen LogP contribution in [0.1, 0.15) is 73.6 Å². The molecular weight excluding hydrogens is 473 g/mol. The number of rotatable bonds is 4. The van der Waals surface area contributed by atoms with Crippen molar-refractivity contribution in [3.8, 4) is 11.5 Å². The first kappa shape index (κ1) is 24.8. The lowest BCUT2D eigenvalue weighted by atomic mass is 9.72. The number of amides is 1. The van der Waals surface area contributed by atoms with Crippen molar-refractivity contribution < 1.29 is 27.4 Å². The van der Waals surface area contributed by atoms with Gasteiger partial charge >= 0.3 is 6.18 Å². The number of alkyl halides is 3. The second-order valence-electron chi connectivity index (χ2n) is 10.2. The van der Waals surface area contributed by atoms with E-state index in [1.807, 2.05) is 4.90 Å². The molecule has 10 heteroatoms. The predicted octanol–water partition coefficient (Wildman–Crippen LogP) is 5.60. The number of nitrogens with zero attached hydrogens (tertiary/aromatic N) is 3. The Hall–Kier alpha value is -2.91. The molecule has 2 aromatic rings. The Morgan fingerprint density at radius 2 is 1.83 bits per heavy atom. The molecule has 5 atom stereocenters. The molecule has 0 bridgehead atoms. The van der Waals surface area contributed by atoms with Crippen LogP contribution in [0.25, 0.3) is 0 Å². The van der Waals surface area contributed by atoms with Crippen LogP contribution < -0.4 is 14.8 Å². The molecule has 7 nitrogen and oxygen atoms in total. The number of piperidine rings is 1. The Morgan fingerprint density at radius 1 is 1.08 bits per heavy atom. The number of carbonyl (C=O) groups excluding carboxylic acids is 1. The number of nitrogens with one attached hydrogen (secondary N) is 1. The summed E-state index contributed by atoms with van der Waals surface area (Å²) in [5, 5.41) is 7.40. The molecule has 1 N–H and O–H groups in total. The lowest BCUT2D eigenvalue weighted by molar-refractivity contribution is -0.173. The highest BCUT2D eigenvalue weighted by Gasteiger charge is 2.47. The quantitative estimate of drug-likeness (QED) is 0.585. The summed E-state index contributed by atoms with van der Waals surface area (Å²) in [6.07, 6.45) is 0.410. The van der Waals surface area contributed by atoms with Crippen molar-refractivity contribution >= 4 is 11.7 Å². The molecule has 3 heterocycles. The first-order valence-electron chi connectivity index (χ1n) is 12.7. The van der Waals surface area contributed by atoms with E-state index >= 15 is 0 Å². The highest BCUT2D eigenvalue weighted by Crippen LogP contribution is 2.45. The molecule has 36 heavy (non-hydrogen) atoms. The van der Waals surface area contributed by atoms with Gasteiger partial charge < -0.3 is 19.7 Å². The number of carbonyl (C=O) groups is 1. The molecule has 5 rings (SSSR count). The van der Waals surface area contributed by atoms with Gasteiger partial charge in [-0.25, -0.2) is 4.68 Å². The monoisotopic (exact) mass is 506 g/mol. The molecule has 1 aromatic carbocycles. The van der Waals surface area contributed by atoms with Crippen molar-refractivity contribution in [3.05, 3.63) is 35.5 Å². The molecule has 1 aliphatic carbocycles. The number of benzene rings is 1. The Labute approximate surface area is 208 Å². The van der Waals surface area contributed by atoms with Gasteiger partial charge in [0.2, 0.25) is 0 Å². The molecule has 0 radical (unpaired) electrons. The highest BCUT2D eigenvalue weighted by atomic mass is 19.4. The van der Waals surface area contributed by atoms with Crippen LogP contribution in [0.15, 0.2) is 24.3 Å². The van der Waals surface area contributed by atoms with Crippen molar-refractivity contribution in [2.75, 3.05) is 26.1 Å². The number of ether oxygens (including phenoxy) is 2. The maximum Gasteiger partial charge on any atom is 0.410 e. The van der Waals surface area contributed by atoms with E-state index in [-0.39, 0.29) is 29.9 Å². The number of anilines is 1. The Balaban J connectivity index is 1.45. The van der Waals surface area contributed by atoms with Crippen LogP contribution in [0.4, 0.5) is 19.0 Å². The summed E-state index contributed by atoms with van der Waals surface area (Å²) < 4.78 is 54.1. The summed E-state index contributed by atoms with van der Waals surface area (Å²) in [4.78, 5) is 15.4. The molecule has 0 spiro atoms. The lowest BCUT2D eigenvalue weighted by Gasteiger charge is -2.47. The van der Waals surface area contributed by atoms with Crippen LogP contribution in [0.5, 0.6) is 11.5 Å². The third-order valence-corrected chi connectivity index (χ3v) is 8.22. The molecule has 1 amide bonds. The number of likely N-dealkylation sites (tertiary alicyclic amines) is 1. The van der Waals surface area contributed by atoms with Gasteiger partial charge in [0.1, 0.15) is 5.82 Å². The first-order chi connectivity index (χ1) is 17.2. The average molecular weight is 507 g/mol. The minimum Gasteiger partial charge on any atom is -0.493 e. The van der Waals surface area contributed by atoms with Crippen LogP contribution in [0.2, 0.25) is 0 Å². The summed E-state index contributed by atoms with van der Waals surface area (Å²) in [6, 6.07) is 4.21. The zero-order valence-electron chi connectivity index (χ0n) is 20.8. The summed E-state index contributed by atoms with van der Waals surface area (Å²) in [5.41, 5.74) is 0.705. The van der Waals surface area contributed by atoms with Crippen LogP contribution in [0, 0.1) is 11.8 Å². The Bertz CT molecular complexity index is 1120. The van der Waals surface area contributed by atoms with Gasteiger partial charge in [0, 0.05) is 25.1 Å². The zero-order valence-corrected chi connectivity index (χ0v) is 20.8. The fourth-order valence-corrected chi connectivity index (χ4v) is 6.28. The number of methoxy groups -OCH3 is 2. The number of fused-ring (bicyclic) bond motifs is 2. The van der Waals surface area contributed by atoms with E-state index in [4.69, 9.17) is 9.47 Å². The fourth-order valence-electron chi connectivity index (χ4n) is 6.28. The number of hydrogen-bond acceptors (Lipinski definition) is 5. The van der Waals surface area contributed by atoms with Gasteiger partial charge in [0.15, 0.2) is 23.2 Å². The molecular formula is C26H33F3N4O3. The summed E-state index contributed by atoms with van der Waals surface area (Å²) in [5.74, 6) is 1.86. The maximum atomic E-state index is 14.2. The summed E-state index contributed by atoms with van der Waals surface area (Å²) in [7, 11) is 2.99. The van der Waals surface area contributed by atoms with Crippen molar-refractivity contribution in [2.24, 2.45) is 11.8 Å². The second-order valence-corrected chi connectivity index (χ2v) is 10.2. The first-order valence-corrected chi connectivity index (χ1v) is 12.7. The summed E-state index contributed by atoms with van der Waals surface area (Å²) >= 11 is 0. The van der Waals surface area contributed by atoms with E-state index < -0.39 is 18.3 Å². The smallest absolute Gasteiger partial charge is 0.410 e. The minimum atomic E-state index is -4.52. The van der Waals surface area contributed by atoms with Crippen molar-refractivity contribution in [1.82, 2.24) is 14.7 Å². The number of aromatic nitrogens is 2. The zero-order chi connectivity index (χ0) is 25.6. The van der Waals surface area contributed by atoms with E-state index in [9.17, 15) is 18.0 Å². The lowest BCUT2D eigenvalue weighted by Crippen LogP contribution is -2.52. The number of hydrogen-bond donors (Lipinski definition) is 1. The standard InChI is InChI=1S/C26H33F3N4O3/c1-15-10-11-32(20-7-5-4-6-17(15)20)25(34)19-14-24-30-18(13-23(26(27,28)29)33(24)31-19)16-8-9-21(35-2)22(12-16)36-3/h8-9,12,14-15,17-18,20,23,30H,4-7,10-11,13H2,1-3H3/t15-,17-,18-,20+,23+/m0/s1. The van der Waals surface area contributed by atoms with Gasteiger partial charge in [0.05, 0.1) is 20.3 Å². The molecule has 196 valence electrons. The SMILES string of the molecule is COc1ccc([C@@H]2C[C@H](C(F)(F)F)n3nc(C(=O)N4CC[C@H](C)[C@@H]5CCCC[C@H]54)cc3N2)cc1OC.